The molecule has 4 heteroatoms. The molecule has 88 valence electrons. The molecule has 1 fully saturated rings. The summed E-state index contributed by atoms with van der Waals surface area (Å²) < 4.78 is 10.4. The molecule has 0 aromatic rings. The van der Waals surface area contributed by atoms with Crippen molar-refractivity contribution < 1.29 is 19.4 Å². The highest BCUT2D eigenvalue weighted by molar-refractivity contribution is 5.66. The number of esters is 1. The number of ether oxygens (including phenoxy) is 2. The van der Waals surface area contributed by atoms with Crippen LogP contribution in [0.3, 0.4) is 0 Å². The quantitative estimate of drug-likeness (QED) is 0.707. The van der Waals surface area contributed by atoms with Crippen LogP contribution in [-0.2, 0) is 14.3 Å². The summed E-state index contributed by atoms with van der Waals surface area (Å²) in [7, 11) is 0. The Hall–Kier alpha value is -0.610. The van der Waals surface area contributed by atoms with Gasteiger partial charge in [0, 0.05) is 12.8 Å². The predicted octanol–water partition coefficient (Wildman–Crippen LogP) is 1.32. The second kappa shape index (κ2) is 4.94. The zero-order valence-electron chi connectivity index (χ0n) is 9.77. The van der Waals surface area contributed by atoms with Crippen LogP contribution < -0.4 is 0 Å². The van der Waals surface area contributed by atoms with Gasteiger partial charge in [0.25, 0.3) is 0 Å². The first kappa shape index (κ1) is 12.5. The largest absolute Gasteiger partial charge is 0.457 e. The third-order valence-electron chi connectivity index (χ3n) is 2.84. The van der Waals surface area contributed by atoms with Crippen molar-refractivity contribution >= 4 is 5.97 Å². The summed E-state index contributed by atoms with van der Waals surface area (Å²) >= 11 is 0. The molecule has 4 nitrogen and oxygen atoms in total. The van der Waals surface area contributed by atoms with Crippen LogP contribution >= 0.6 is 0 Å². The fourth-order valence-electron chi connectivity index (χ4n) is 2.09. The van der Waals surface area contributed by atoms with Gasteiger partial charge in [0.1, 0.15) is 0 Å². The van der Waals surface area contributed by atoms with Gasteiger partial charge in [-0.1, -0.05) is 13.8 Å². The molecule has 0 amide bonds. The first-order valence-corrected chi connectivity index (χ1v) is 5.42. The average molecular weight is 216 g/mol. The molecule has 15 heavy (non-hydrogen) atoms. The average Bonchev–Trinajstić information content (AvgIpc) is 2.08. The van der Waals surface area contributed by atoms with Gasteiger partial charge in [-0.15, -0.1) is 0 Å². The highest BCUT2D eigenvalue weighted by Gasteiger charge is 2.39. The zero-order chi connectivity index (χ0) is 11.6. The van der Waals surface area contributed by atoms with E-state index in [1.165, 1.54) is 6.92 Å². The summed E-state index contributed by atoms with van der Waals surface area (Å²) in [5.41, 5.74) is 0. The zero-order valence-corrected chi connectivity index (χ0v) is 9.77. The van der Waals surface area contributed by atoms with Gasteiger partial charge < -0.3 is 14.6 Å². The van der Waals surface area contributed by atoms with E-state index in [1.54, 1.807) is 0 Å². The smallest absolute Gasteiger partial charge is 0.303 e. The number of aliphatic hydroxyl groups is 1. The van der Waals surface area contributed by atoms with E-state index in [2.05, 4.69) is 13.8 Å². The van der Waals surface area contributed by atoms with E-state index in [4.69, 9.17) is 9.47 Å². The predicted molar refractivity (Wildman–Crippen MR) is 55.1 cm³/mol. The van der Waals surface area contributed by atoms with E-state index in [0.717, 1.165) is 6.42 Å². The lowest BCUT2D eigenvalue weighted by Crippen LogP contribution is -2.48. The van der Waals surface area contributed by atoms with Gasteiger partial charge in [0.15, 0.2) is 12.4 Å². The molecule has 0 saturated carbocycles. The first-order valence-electron chi connectivity index (χ1n) is 5.42. The van der Waals surface area contributed by atoms with Crippen LogP contribution in [0.5, 0.6) is 0 Å². The van der Waals surface area contributed by atoms with Crippen molar-refractivity contribution in [2.24, 2.45) is 11.8 Å². The van der Waals surface area contributed by atoms with Gasteiger partial charge in [0.05, 0.1) is 6.10 Å². The van der Waals surface area contributed by atoms with Gasteiger partial charge >= 0.3 is 5.97 Å². The van der Waals surface area contributed by atoms with Crippen LogP contribution in [0.25, 0.3) is 0 Å². The Kier molecular flexibility index (Phi) is 4.11. The molecule has 0 aliphatic carbocycles. The molecule has 0 bridgehead atoms. The van der Waals surface area contributed by atoms with Gasteiger partial charge in [-0.05, 0) is 19.3 Å². The molecule has 4 atom stereocenters. The fourth-order valence-corrected chi connectivity index (χ4v) is 2.09. The van der Waals surface area contributed by atoms with Crippen molar-refractivity contribution in [2.45, 2.75) is 52.6 Å². The molecular formula is C11H20O4. The van der Waals surface area contributed by atoms with Crippen LogP contribution in [0.2, 0.25) is 0 Å². The van der Waals surface area contributed by atoms with Gasteiger partial charge in [-0.2, -0.15) is 0 Å². The van der Waals surface area contributed by atoms with Gasteiger partial charge in [-0.25, -0.2) is 0 Å². The standard InChI is InChI=1S/C11H20O4/c1-6(2)9-5-7(3)14-11(13)10(9)15-8(4)12/h6-7,9-11,13H,5H2,1-4H3. The Bertz CT molecular complexity index is 227. The molecule has 4 unspecified atom stereocenters. The Labute approximate surface area is 90.6 Å². The van der Waals surface area contributed by atoms with Gasteiger partial charge in [-0.3, -0.25) is 4.79 Å². The molecule has 0 radical (unpaired) electrons. The SMILES string of the molecule is CC(=O)OC1C(O)OC(C)CC1C(C)C. The summed E-state index contributed by atoms with van der Waals surface area (Å²) in [4.78, 5) is 10.9. The van der Waals surface area contributed by atoms with Crippen LogP contribution in [0.4, 0.5) is 0 Å². The number of hydrogen-bond donors (Lipinski definition) is 1. The van der Waals surface area contributed by atoms with E-state index in [1.807, 2.05) is 6.92 Å². The molecule has 0 aromatic heterocycles. The topological polar surface area (TPSA) is 55.8 Å². The summed E-state index contributed by atoms with van der Waals surface area (Å²) in [6.07, 6.45) is -0.699. The maximum atomic E-state index is 10.9. The van der Waals surface area contributed by atoms with E-state index in [9.17, 15) is 9.90 Å². The number of aliphatic hydroxyl groups excluding tert-OH is 1. The molecule has 1 N–H and O–H groups in total. The second-order valence-corrected chi connectivity index (χ2v) is 4.55. The van der Waals surface area contributed by atoms with Crippen molar-refractivity contribution in [3.05, 3.63) is 0 Å². The molecule has 1 aliphatic heterocycles. The molecule has 1 aliphatic rings. The Morgan fingerprint density at radius 2 is 2.13 bits per heavy atom. The van der Waals surface area contributed by atoms with Crippen LogP contribution in [0.1, 0.15) is 34.1 Å². The number of carbonyl (C=O) groups is 1. The molecule has 1 heterocycles. The lowest BCUT2D eigenvalue weighted by atomic mass is 9.83. The molecule has 0 aromatic carbocycles. The summed E-state index contributed by atoms with van der Waals surface area (Å²) in [5.74, 6) is 0.144. The lowest BCUT2D eigenvalue weighted by molar-refractivity contribution is -0.244. The minimum Gasteiger partial charge on any atom is -0.457 e. The minimum atomic E-state index is -0.995. The maximum absolute atomic E-state index is 10.9. The third-order valence-corrected chi connectivity index (χ3v) is 2.84. The first-order chi connectivity index (χ1) is 6.91. The molecular weight excluding hydrogens is 196 g/mol. The van der Waals surface area contributed by atoms with Crippen molar-refractivity contribution in [1.29, 1.82) is 0 Å². The van der Waals surface area contributed by atoms with Crippen molar-refractivity contribution in [2.75, 3.05) is 0 Å². The number of hydrogen-bond acceptors (Lipinski definition) is 4. The van der Waals surface area contributed by atoms with E-state index >= 15 is 0 Å². The molecule has 1 rings (SSSR count). The normalized spacial score (nSPS) is 36.7. The van der Waals surface area contributed by atoms with Crippen molar-refractivity contribution in [1.82, 2.24) is 0 Å². The number of carbonyl (C=O) groups excluding carboxylic acids is 1. The third kappa shape index (κ3) is 3.18. The maximum Gasteiger partial charge on any atom is 0.303 e. The summed E-state index contributed by atoms with van der Waals surface area (Å²) in [6, 6.07) is 0. The molecule has 1 saturated heterocycles. The van der Waals surface area contributed by atoms with E-state index in [0.29, 0.717) is 5.92 Å². The molecule has 0 spiro atoms. The fraction of sp³-hybridized carbons (Fsp3) is 0.909. The second-order valence-electron chi connectivity index (χ2n) is 4.55. The van der Waals surface area contributed by atoms with E-state index in [-0.39, 0.29) is 18.0 Å². The van der Waals surface area contributed by atoms with Crippen molar-refractivity contribution in [3.63, 3.8) is 0 Å². The summed E-state index contributed by atoms with van der Waals surface area (Å²) in [5, 5.41) is 9.71. The van der Waals surface area contributed by atoms with Crippen molar-refractivity contribution in [3.8, 4) is 0 Å². The Balaban J connectivity index is 2.73. The lowest BCUT2D eigenvalue weighted by Gasteiger charge is -2.39. The Morgan fingerprint density at radius 3 is 2.60 bits per heavy atom. The highest BCUT2D eigenvalue weighted by atomic mass is 16.6. The van der Waals surface area contributed by atoms with Crippen LogP contribution in [0.15, 0.2) is 0 Å². The van der Waals surface area contributed by atoms with E-state index < -0.39 is 12.4 Å². The highest BCUT2D eigenvalue weighted by Crippen LogP contribution is 2.32. The monoisotopic (exact) mass is 216 g/mol. The van der Waals surface area contributed by atoms with Crippen LogP contribution in [-0.4, -0.2) is 29.6 Å². The number of rotatable bonds is 2. The Morgan fingerprint density at radius 1 is 1.53 bits per heavy atom. The minimum absolute atomic E-state index is 0.0132. The summed E-state index contributed by atoms with van der Waals surface area (Å²) in [6.45, 7) is 7.39. The van der Waals surface area contributed by atoms with Gasteiger partial charge in [0.2, 0.25) is 0 Å². The van der Waals surface area contributed by atoms with Crippen LogP contribution in [0, 0.1) is 11.8 Å².